The van der Waals surface area contributed by atoms with Gasteiger partial charge in [0.1, 0.15) is 5.65 Å². The Morgan fingerprint density at radius 1 is 1.14 bits per heavy atom. The van der Waals surface area contributed by atoms with Gasteiger partial charge in [0.15, 0.2) is 0 Å². The molecule has 0 aliphatic heterocycles. The topological polar surface area (TPSA) is 49.6 Å². The average Bonchev–Trinajstić information content (AvgIpc) is 2.94. The molecule has 2 N–H and O–H groups in total. The minimum atomic E-state index is 0.111. The van der Waals surface area contributed by atoms with Gasteiger partial charge >= 0.3 is 0 Å². The molecule has 0 aliphatic carbocycles. The quantitative estimate of drug-likeness (QED) is 0.734. The fourth-order valence-electron chi connectivity index (χ4n) is 2.53. The fourth-order valence-corrected chi connectivity index (χ4v) is 2.70. The molecule has 5 heteroatoms. The van der Waals surface area contributed by atoms with Crippen molar-refractivity contribution in [3.63, 3.8) is 0 Å². The number of rotatable bonds is 6. The van der Waals surface area contributed by atoms with Gasteiger partial charge in [-0.15, -0.1) is 0 Å². The van der Waals surface area contributed by atoms with Gasteiger partial charge in [0.25, 0.3) is 0 Å². The van der Waals surface area contributed by atoms with Crippen molar-refractivity contribution < 1.29 is 5.11 Å². The summed E-state index contributed by atoms with van der Waals surface area (Å²) in [5.74, 6) is 0. The van der Waals surface area contributed by atoms with Crippen LogP contribution in [0.1, 0.15) is 23.7 Å². The number of nitrogens with zero attached hydrogens (tertiary/aromatic N) is 2. The van der Waals surface area contributed by atoms with E-state index in [1.165, 1.54) is 5.56 Å². The van der Waals surface area contributed by atoms with Crippen molar-refractivity contribution in [2.45, 2.75) is 19.0 Å². The Morgan fingerprint density at radius 2 is 1.95 bits per heavy atom. The van der Waals surface area contributed by atoms with Crippen LogP contribution in [0, 0.1) is 0 Å². The second-order valence-corrected chi connectivity index (χ2v) is 5.64. The van der Waals surface area contributed by atoms with Crippen LogP contribution in [0.5, 0.6) is 0 Å². The second kappa shape index (κ2) is 6.92. The van der Waals surface area contributed by atoms with Gasteiger partial charge in [-0.05, 0) is 24.1 Å². The van der Waals surface area contributed by atoms with E-state index in [2.05, 4.69) is 22.4 Å². The van der Waals surface area contributed by atoms with Crippen molar-refractivity contribution in [1.29, 1.82) is 0 Å². The Hall–Kier alpha value is -1.88. The monoisotopic (exact) mass is 315 g/mol. The first-order chi connectivity index (χ1) is 10.8. The fraction of sp³-hybridized carbons (Fsp3) is 0.235. The van der Waals surface area contributed by atoms with E-state index in [1.807, 2.05) is 47.1 Å². The third-order valence-corrected chi connectivity index (χ3v) is 3.84. The maximum absolute atomic E-state index is 9.27. The Labute approximate surface area is 134 Å². The summed E-state index contributed by atoms with van der Waals surface area (Å²) in [6.07, 6.45) is 4.48. The highest BCUT2D eigenvalue weighted by Crippen LogP contribution is 2.17. The van der Waals surface area contributed by atoms with Gasteiger partial charge in [-0.3, -0.25) is 0 Å². The summed E-state index contributed by atoms with van der Waals surface area (Å²) in [7, 11) is 0. The first-order valence-electron chi connectivity index (χ1n) is 7.28. The number of halogens is 1. The lowest BCUT2D eigenvalue weighted by Gasteiger charge is -2.17. The van der Waals surface area contributed by atoms with Crippen LogP contribution >= 0.6 is 11.6 Å². The van der Waals surface area contributed by atoms with Gasteiger partial charge in [-0.25, -0.2) is 4.98 Å². The van der Waals surface area contributed by atoms with E-state index in [1.54, 1.807) is 0 Å². The molecule has 0 saturated carbocycles. The van der Waals surface area contributed by atoms with Crippen LogP contribution in [-0.2, 0) is 6.54 Å². The molecule has 1 atom stereocenters. The molecule has 0 bridgehead atoms. The highest BCUT2D eigenvalue weighted by Gasteiger charge is 2.11. The Morgan fingerprint density at radius 3 is 2.73 bits per heavy atom. The maximum Gasteiger partial charge on any atom is 0.137 e. The predicted octanol–water partition coefficient (Wildman–Crippen LogP) is 3.20. The summed E-state index contributed by atoms with van der Waals surface area (Å²) >= 11 is 5.98. The number of hydrogen-bond donors (Lipinski definition) is 2. The van der Waals surface area contributed by atoms with Crippen molar-refractivity contribution in [3.8, 4) is 0 Å². The van der Waals surface area contributed by atoms with E-state index in [4.69, 9.17) is 11.6 Å². The third-order valence-electron chi connectivity index (χ3n) is 3.61. The molecule has 3 rings (SSSR count). The smallest absolute Gasteiger partial charge is 0.137 e. The van der Waals surface area contributed by atoms with Gasteiger partial charge in [0.2, 0.25) is 0 Å². The standard InChI is InChI=1S/C17H18ClN3O/c18-14-6-7-17-20-15(12-21(17)11-14)10-19-16(8-9-22)13-4-2-1-3-5-13/h1-7,11-12,16,19,22H,8-10H2. The van der Waals surface area contributed by atoms with E-state index in [0.717, 1.165) is 11.3 Å². The van der Waals surface area contributed by atoms with Crippen molar-refractivity contribution >= 4 is 17.2 Å². The lowest BCUT2D eigenvalue weighted by molar-refractivity contribution is 0.265. The molecule has 2 heterocycles. The summed E-state index contributed by atoms with van der Waals surface area (Å²) in [5, 5.41) is 13.4. The molecule has 3 aromatic rings. The van der Waals surface area contributed by atoms with Crippen LogP contribution in [0.25, 0.3) is 5.65 Å². The van der Waals surface area contributed by atoms with E-state index in [9.17, 15) is 5.11 Å². The normalized spacial score (nSPS) is 12.6. The lowest BCUT2D eigenvalue weighted by atomic mass is 10.0. The van der Waals surface area contributed by atoms with E-state index in [-0.39, 0.29) is 12.6 Å². The SMILES string of the molecule is OCCC(NCc1cn2cc(Cl)ccc2n1)c1ccccc1. The molecule has 4 nitrogen and oxygen atoms in total. The van der Waals surface area contributed by atoms with Crippen LogP contribution < -0.4 is 5.32 Å². The summed E-state index contributed by atoms with van der Waals surface area (Å²) in [6.45, 7) is 0.784. The zero-order valence-corrected chi connectivity index (χ0v) is 12.9. The Kier molecular flexibility index (Phi) is 4.73. The molecule has 0 fully saturated rings. The first-order valence-corrected chi connectivity index (χ1v) is 7.66. The summed E-state index contributed by atoms with van der Waals surface area (Å²) < 4.78 is 1.92. The van der Waals surface area contributed by atoms with Gasteiger partial charge in [0.05, 0.1) is 10.7 Å². The first kappa shape index (κ1) is 15.0. The average molecular weight is 316 g/mol. The van der Waals surface area contributed by atoms with Crippen LogP contribution in [0.4, 0.5) is 0 Å². The Bertz CT molecular complexity index is 742. The van der Waals surface area contributed by atoms with Gasteiger partial charge in [-0.2, -0.15) is 0 Å². The molecule has 114 valence electrons. The molecule has 1 aromatic carbocycles. The number of aromatic nitrogens is 2. The van der Waals surface area contributed by atoms with Crippen molar-refractivity contribution in [2.75, 3.05) is 6.61 Å². The molecule has 0 amide bonds. The number of benzene rings is 1. The number of imidazole rings is 1. The summed E-state index contributed by atoms with van der Waals surface area (Å²) in [5.41, 5.74) is 2.99. The number of aliphatic hydroxyl groups excluding tert-OH is 1. The number of fused-ring (bicyclic) bond motifs is 1. The second-order valence-electron chi connectivity index (χ2n) is 5.20. The largest absolute Gasteiger partial charge is 0.396 e. The predicted molar refractivity (Wildman–Crippen MR) is 87.9 cm³/mol. The summed E-state index contributed by atoms with van der Waals surface area (Å²) in [4.78, 5) is 4.56. The number of nitrogens with one attached hydrogen (secondary N) is 1. The molecule has 0 aliphatic rings. The molecule has 1 unspecified atom stereocenters. The van der Waals surface area contributed by atoms with E-state index >= 15 is 0 Å². The van der Waals surface area contributed by atoms with Crippen LogP contribution in [0.3, 0.4) is 0 Å². The minimum Gasteiger partial charge on any atom is -0.396 e. The van der Waals surface area contributed by atoms with Gasteiger partial charge in [-0.1, -0.05) is 41.9 Å². The maximum atomic E-state index is 9.27. The zero-order valence-electron chi connectivity index (χ0n) is 12.1. The molecule has 0 spiro atoms. The molecule has 0 saturated heterocycles. The van der Waals surface area contributed by atoms with Crippen LogP contribution in [0.2, 0.25) is 5.02 Å². The highest BCUT2D eigenvalue weighted by atomic mass is 35.5. The molecular weight excluding hydrogens is 298 g/mol. The molecule has 2 aromatic heterocycles. The molecule has 22 heavy (non-hydrogen) atoms. The van der Waals surface area contributed by atoms with Crippen LogP contribution in [-0.4, -0.2) is 21.1 Å². The summed E-state index contributed by atoms with van der Waals surface area (Å²) in [6, 6.07) is 14.0. The van der Waals surface area contributed by atoms with E-state index in [0.29, 0.717) is 18.0 Å². The third kappa shape index (κ3) is 3.47. The highest BCUT2D eigenvalue weighted by molar-refractivity contribution is 6.30. The van der Waals surface area contributed by atoms with Crippen molar-refractivity contribution in [3.05, 3.63) is 71.1 Å². The zero-order chi connectivity index (χ0) is 15.4. The number of pyridine rings is 1. The number of hydrogen-bond acceptors (Lipinski definition) is 3. The van der Waals surface area contributed by atoms with Crippen LogP contribution in [0.15, 0.2) is 54.9 Å². The van der Waals surface area contributed by atoms with E-state index < -0.39 is 0 Å². The minimum absolute atomic E-state index is 0.111. The number of aliphatic hydroxyl groups is 1. The molecular formula is C17H18ClN3O. The van der Waals surface area contributed by atoms with Crippen molar-refractivity contribution in [1.82, 2.24) is 14.7 Å². The van der Waals surface area contributed by atoms with Gasteiger partial charge in [0, 0.05) is 31.6 Å². The van der Waals surface area contributed by atoms with Crippen molar-refractivity contribution in [2.24, 2.45) is 0 Å². The molecule has 0 radical (unpaired) electrons. The Balaban J connectivity index is 1.73. The van der Waals surface area contributed by atoms with Gasteiger partial charge < -0.3 is 14.8 Å². The lowest BCUT2D eigenvalue weighted by Crippen LogP contribution is -2.22.